The van der Waals surface area contributed by atoms with Crippen LogP contribution in [0.3, 0.4) is 0 Å². The SMILES string of the molecule is CC(=O)Nc1ccc2nc(NC(=O)c3c(C)noc3C)sc2c1. The maximum atomic E-state index is 12.3. The van der Waals surface area contributed by atoms with Gasteiger partial charge in [-0.1, -0.05) is 16.5 Å². The van der Waals surface area contributed by atoms with Crippen molar-refractivity contribution in [1.82, 2.24) is 10.1 Å². The van der Waals surface area contributed by atoms with Crippen molar-refractivity contribution in [3.8, 4) is 0 Å². The second-order valence-corrected chi connectivity index (χ2v) is 6.07. The number of hydrogen-bond acceptors (Lipinski definition) is 6. The van der Waals surface area contributed by atoms with Crippen molar-refractivity contribution in [3.05, 3.63) is 35.2 Å². The Balaban J connectivity index is 1.86. The zero-order valence-electron chi connectivity index (χ0n) is 12.8. The molecule has 0 unspecified atom stereocenters. The molecule has 8 heteroatoms. The number of carbonyl (C=O) groups excluding carboxylic acids is 2. The molecule has 23 heavy (non-hydrogen) atoms. The molecule has 0 aliphatic rings. The van der Waals surface area contributed by atoms with Crippen molar-refractivity contribution in [1.29, 1.82) is 0 Å². The normalized spacial score (nSPS) is 10.7. The maximum Gasteiger partial charge on any atom is 0.262 e. The molecule has 1 aromatic carbocycles. The second kappa shape index (κ2) is 5.81. The van der Waals surface area contributed by atoms with E-state index in [1.54, 1.807) is 26.0 Å². The Kier molecular flexibility index (Phi) is 3.83. The minimum atomic E-state index is -0.303. The van der Waals surface area contributed by atoms with Crippen molar-refractivity contribution in [2.45, 2.75) is 20.8 Å². The molecular formula is C15H14N4O3S. The first-order valence-corrected chi connectivity index (χ1v) is 7.68. The molecule has 2 heterocycles. The number of rotatable bonds is 3. The number of anilines is 2. The number of nitrogens with one attached hydrogen (secondary N) is 2. The lowest BCUT2D eigenvalue weighted by molar-refractivity contribution is -0.114. The largest absolute Gasteiger partial charge is 0.361 e. The van der Waals surface area contributed by atoms with E-state index in [2.05, 4.69) is 20.8 Å². The van der Waals surface area contributed by atoms with Crippen LogP contribution in [-0.2, 0) is 4.79 Å². The number of carbonyl (C=O) groups is 2. The highest BCUT2D eigenvalue weighted by atomic mass is 32.1. The zero-order valence-corrected chi connectivity index (χ0v) is 13.6. The standard InChI is InChI=1S/C15H14N4O3S/c1-7-13(8(2)22-19-7)14(21)18-15-17-11-5-4-10(16-9(3)20)6-12(11)23-15/h4-6H,1-3H3,(H,16,20)(H,17,18,21). The van der Waals surface area contributed by atoms with E-state index in [1.807, 2.05) is 6.07 Å². The fraction of sp³-hybridized carbons (Fsp3) is 0.200. The first-order valence-electron chi connectivity index (χ1n) is 6.86. The van der Waals surface area contributed by atoms with Crippen LogP contribution in [0.15, 0.2) is 22.7 Å². The lowest BCUT2D eigenvalue weighted by atomic mass is 10.2. The molecule has 0 spiro atoms. The highest BCUT2D eigenvalue weighted by Crippen LogP contribution is 2.29. The summed E-state index contributed by atoms with van der Waals surface area (Å²) in [5, 5.41) is 9.72. The van der Waals surface area contributed by atoms with Crippen LogP contribution < -0.4 is 10.6 Å². The van der Waals surface area contributed by atoms with E-state index >= 15 is 0 Å². The summed E-state index contributed by atoms with van der Waals surface area (Å²) in [4.78, 5) is 27.8. The molecule has 0 aliphatic carbocycles. The van der Waals surface area contributed by atoms with Gasteiger partial charge in [-0.25, -0.2) is 4.98 Å². The van der Waals surface area contributed by atoms with E-state index in [0.717, 1.165) is 10.2 Å². The number of amides is 2. The van der Waals surface area contributed by atoms with Crippen LogP contribution in [0.1, 0.15) is 28.7 Å². The van der Waals surface area contributed by atoms with Gasteiger partial charge in [0.2, 0.25) is 5.91 Å². The van der Waals surface area contributed by atoms with Crippen molar-refractivity contribution in [2.24, 2.45) is 0 Å². The van der Waals surface area contributed by atoms with Crippen molar-refractivity contribution in [2.75, 3.05) is 10.6 Å². The van der Waals surface area contributed by atoms with Gasteiger partial charge < -0.3 is 9.84 Å². The smallest absolute Gasteiger partial charge is 0.262 e. The Morgan fingerprint density at radius 2 is 2.00 bits per heavy atom. The van der Waals surface area contributed by atoms with Crippen molar-refractivity contribution in [3.63, 3.8) is 0 Å². The summed E-state index contributed by atoms with van der Waals surface area (Å²) in [6.45, 7) is 4.85. The molecular weight excluding hydrogens is 316 g/mol. The fourth-order valence-electron chi connectivity index (χ4n) is 2.23. The summed E-state index contributed by atoms with van der Waals surface area (Å²) in [5.74, 6) is 0.0252. The highest BCUT2D eigenvalue weighted by Gasteiger charge is 2.18. The van der Waals surface area contributed by atoms with Gasteiger partial charge in [0.15, 0.2) is 5.13 Å². The molecule has 0 saturated heterocycles. The van der Waals surface area contributed by atoms with Crippen LogP contribution in [0.4, 0.5) is 10.8 Å². The summed E-state index contributed by atoms with van der Waals surface area (Å²) in [6, 6.07) is 5.38. The first kappa shape index (κ1) is 15.2. The number of aromatic nitrogens is 2. The quantitative estimate of drug-likeness (QED) is 0.769. The van der Waals surface area contributed by atoms with E-state index in [9.17, 15) is 9.59 Å². The monoisotopic (exact) mass is 330 g/mol. The number of fused-ring (bicyclic) bond motifs is 1. The third-order valence-electron chi connectivity index (χ3n) is 3.19. The molecule has 2 amide bonds. The van der Waals surface area contributed by atoms with Crippen molar-refractivity contribution < 1.29 is 14.1 Å². The third-order valence-corrected chi connectivity index (χ3v) is 4.12. The molecule has 2 N–H and O–H groups in total. The summed E-state index contributed by atoms with van der Waals surface area (Å²) in [5.41, 5.74) is 2.40. The molecule has 118 valence electrons. The predicted molar refractivity (Wildman–Crippen MR) is 87.9 cm³/mol. The van der Waals surface area contributed by atoms with Gasteiger partial charge in [0.25, 0.3) is 5.91 Å². The van der Waals surface area contributed by atoms with Crippen molar-refractivity contribution >= 4 is 44.2 Å². The highest BCUT2D eigenvalue weighted by molar-refractivity contribution is 7.22. The van der Waals surface area contributed by atoms with Crippen LogP contribution in [0.2, 0.25) is 0 Å². The van der Waals surface area contributed by atoms with Gasteiger partial charge in [0, 0.05) is 12.6 Å². The van der Waals surface area contributed by atoms with Crippen LogP contribution in [0.5, 0.6) is 0 Å². The topological polar surface area (TPSA) is 97.1 Å². The molecule has 3 aromatic rings. The number of hydrogen-bond donors (Lipinski definition) is 2. The molecule has 0 bridgehead atoms. The number of thiazole rings is 1. The Labute approximate surface area is 135 Å². The molecule has 0 saturated carbocycles. The summed E-state index contributed by atoms with van der Waals surface area (Å²) in [6.07, 6.45) is 0. The van der Waals surface area contributed by atoms with Gasteiger partial charge in [-0.3, -0.25) is 14.9 Å². The van der Waals surface area contributed by atoms with E-state index < -0.39 is 0 Å². The first-order chi connectivity index (χ1) is 10.9. The minimum absolute atomic E-state index is 0.138. The molecule has 0 fully saturated rings. The lowest BCUT2D eigenvalue weighted by Crippen LogP contribution is -2.13. The molecule has 2 aromatic heterocycles. The summed E-state index contributed by atoms with van der Waals surface area (Å²) in [7, 11) is 0. The zero-order chi connectivity index (χ0) is 16.6. The van der Waals surface area contributed by atoms with Gasteiger partial charge in [0.1, 0.15) is 11.3 Å². The average Bonchev–Trinajstić information content (AvgIpc) is 3.00. The molecule has 0 radical (unpaired) electrons. The lowest BCUT2D eigenvalue weighted by Gasteiger charge is -1.99. The van der Waals surface area contributed by atoms with E-state index in [1.165, 1.54) is 18.3 Å². The molecule has 0 atom stereocenters. The average molecular weight is 330 g/mol. The number of aryl methyl sites for hydroxylation is 2. The van der Waals surface area contributed by atoms with Crippen LogP contribution in [-0.4, -0.2) is 22.0 Å². The Morgan fingerprint density at radius 3 is 2.65 bits per heavy atom. The fourth-order valence-corrected chi connectivity index (χ4v) is 3.13. The number of benzene rings is 1. The summed E-state index contributed by atoms with van der Waals surface area (Å²) >= 11 is 1.33. The third kappa shape index (κ3) is 3.07. The predicted octanol–water partition coefficient (Wildman–Crippen LogP) is 3.11. The minimum Gasteiger partial charge on any atom is -0.361 e. The Morgan fingerprint density at radius 1 is 1.22 bits per heavy atom. The molecule has 3 rings (SSSR count). The van der Waals surface area contributed by atoms with E-state index in [4.69, 9.17) is 4.52 Å². The van der Waals surface area contributed by atoms with E-state index in [-0.39, 0.29) is 11.8 Å². The van der Waals surface area contributed by atoms with Crippen LogP contribution in [0.25, 0.3) is 10.2 Å². The van der Waals surface area contributed by atoms with Gasteiger partial charge in [0.05, 0.1) is 15.9 Å². The molecule has 7 nitrogen and oxygen atoms in total. The van der Waals surface area contributed by atoms with Crippen LogP contribution in [0, 0.1) is 13.8 Å². The van der Waals surface area contributed by atoms with Gasteiger partial charge in [-0.2, -0.15) is 0 Å². The Bertz CT molecular complexity index is 893. The maximum absolute atomic E-state index is 12.3. The second-order valence-electron chi connectivity index (χ2n) is 5.04. The van der Waals surface area contributed by atoms with Gasteiger partial charge in [-0.15, -0.1) is 0 Å². The number of nitrogens with zero attached hydrogens (tertiary/aromatic N) is 2. The Hall–Kier alpha value is -2.74. The van der Waals surface area contributed by atoms with E-state index in [0.29, 0.717) is 27.8 Å². The summed E-state index contributed by atoms with van der Waals surface area (Å²) < 4.78 is 5.86. The van der Waals surface area contributed by atoms with Crippen LogP contribution >= 0.6 is 11.3 Å². The van der Waals surface area contributed by atoms with Gasteiger partial charge >= 0.3 is 0 Å². The molecule has 0 aliphatic heterocycles. The van der Waals surface area contributed by atoms with Gasteiger partial charge in [-0.05, 0) is 32.0 Å².